The van der Waals surface area contributed by atoms with Crippen LogP contribution < -0.4 is 27.4 Å². The molecule has 218 valence electrons. The van der Waals surface area contributed by atoms with Crippen LogP contribution in [0, 0.1) is 5.92 Å². The number of amides is 3. The van der Waals surface area contributed by atoms with Crippen molar-refractivity contribution >= 4 is 29.7 Å². The summed E-state index contributed by atoms with van der Waals surface area (Å²) < 4.78 is 0. The minimum absolute atomic E-state index is 0.0169. The minimum Gasteiger partial charge on any atom is -0.508 e. The first-order valence-corrected chi connectivity index (χ1v) is 12.9. The fourth-order valence-corrected chi connectivity index (χ4v) is 3.77. The van der Waals surface area contributed by atoms with Gasteiger partial charge in [0, 0.05) is 12.8 Å². The summed E-state index contributed by atoms with van der Waals surface area (Å²) >= 11 is 0. The Kier molecular flexibility index (Phi) is 14.5. The molecule has 0 aliphatic heterocycles. The van der Waals surface area contributed by atoms with Crippen LogP contribution in [-0.4, -0.2) is 75.7 Å². The second-order valence-electron chi connectivity index (χ2n) is 9.85. The number of carbonyl (C=O) groups excluding carboxylic acids is 3. The molecule has 13 heteroatoms. The number of nitrogens with one attached hydrogen (secondary N) is 3. The number of aromatic hydroxyl groups is 1. The predicted octanol–water partition coefficient (Wildman–Crippen LogP) is -0.159. The Morgan fingerprint density at radius 3 is 1.92 bits per heavy atom. The van der Waals surface area contributed by atoms with E-state index in [-0.39, 0.29) is 43.8 Å². The van der Waals surface area contributed by atoms with Gasteiger partial charge in [0.25, 0.3) is 0 Å². The normalized spacial score (nSPS) is 14.1. The summed E-state index contributed by atoms with van der Waals surface area (Å²) in [5.74, 6) is -4.44. The highest BCUT2D eigenvalue weighted by Gasteiger charge is 2.30. The molecule has 0 radical (unpaired) electrons. The number of nitrogens with two attached hydrogens (primary N) is 2. The number of phenols is 1. The lowest BCUT2D eigenvalue weighted by molar-refractivity contribution is -0.142. The topological polar surface area (TPSA) is 234 Å². The van der Waals surface area contributed by atoms with Gasteiger partial charge in [0.2, 0.25) is 17.7 Å². The third-order valence-electron chi connectivity index (χ3n) is 5.92. The maximum Gasteiger partial charge on any atom is 0.326 e. The molecule has 0 aliphatic rings. The van der Waals surface area contributed by atoms with Gasteiger partial charge in [-0.15, -0.1) is 0 Å². The molecule has 0 bridgehead atoms. The third-order valence-corrected chi connectivity index (χ3v) is 5.92. The van der Waals surface area contributed by atoms with E-state index in [0.29, 0.717) is 24.9 Å². The fraction of sp³-hybridized carbons (Fsp3) is 0.577. The van der Waals surface area contributed by atoms with E-state index in [2.05, 4.69) is 16.0 Å². The maximum absolute atomic E-state index is 13.2. The number of hydrogen-bond donors (Lipinski definition) is 8. The number of unbranched alkanes of at least 4 members (excludes halogenated alkanes) is 1. The molecule has 1 rings (SSSR count). The summed E-state index contributed by atoms with van der Waals surface area (Å²) in [5.41, 5.74) is 11.9. The first-order chi connectivity index (χ1) is 18.3. The Hall–Kier alpha value is -3.71. The molecule has 0 saturated heterocycles. The number of phenolic OH excluding ortho intramolecular Hbond substituents is 1. The SMILES string of the molecule is CC(C)CC(NC(=O)C(N)CCC(=O)O)C(=O)NC(CCCCN)C(=O)NC(Cc1ccc(O)cc1)C(=O)O. The van der Waals surface area contributed by atoms with Gasteiger partial charge < -0.3 is 42.7 Å². The Morgan fingerprint density at radius 1 is 0.821 bits per heavy atom. The molecule has 10 N–H and O–H groups in total. The van der Waals surface area contributed by atoms with Crippen molar-refractivity contribution < 1.29 is 39.3 Å². The molecule has 39 heavy (non-hydrogen) atoms. The third kappa shape index (κ3) is 13.1. The molecule has 1 aromatic carbocycles. The first-order valence-electron chi connectivity index (χ1n) is 12.9. The maximum atomic E-state index is 13.2. The summed E-state index contributed by atoms with van der Waals surface area (Å²) in [5, 5.41) is 35.6. The van der Waals surface area contributed by atoms with E-state index in [0.717, 1.165) is 0 Å². The molecule has 4 atom stereocenters. The summed E-state index contributed by atoms with van der Waals surface area (Å²) in [7, 11) is 0. The lowest BCUT2D eigenvalue weighted by Crippen LogP contribution is -2.57. The summed E-state index contributed by atoms with van der Waals surface area (Å²) in [6.45, 7) is 4.03. The second kappa shape index (κ2) is 17.0. The lowest BCUT2D eigenvalue weighted by atomic mass is 10.0. The molecule has 0 aliphatic carbocycles. The molecule has 0 aromatic heterocycles. The van der Waals surface area contributed by atoms with Gasteiger partial charge in [-0.3, -0.25) is 19.2 Å². The van der Waals surface area contributed by atoms with Crippen LogP contribution in [0.25, 0.3) is 0 Å². The fourth-order valence-electron chi connectivity index (χ4n) is 3.77. The Bertz CT molecular complexity index is 970. The number of rotatable bonds is 18. The van der Waals surface area contributed by atoms with Gasteiger partial charge in [0.1, 0.15) is 23.9 Å². The summed E-state index contributed by atoms with van der Waals surface area (Å²) in [6, 6.07) is 1.31. The molecular formula is C26H41N5O8. The van der Waals surface area contributed by atoms with Crippen molar-refractivity contribution in [2.75, 3.05) is 6.54 Å². The molecule has 4 unspecified atom stereocenters. The Balaban J connectivity index is 3.01. The zero-order chi connectivity index (χ0) is 29.5. The average molecular weight is 552 g/mol. The van der Waals surface area contributed by atoms with Crippen LogP contribution in [0.1, 0.15) is 57.9 Å². The van der Waals surface area contributed by atoms with Crippen molar-refractivity contribution in [1.29, 1.82) is 0 Å². The highest BCUT2D eigenvalue weighted by atomic mass is 16.4. The van der Waals surface area contributed by atoms with Crippen LogP contribution in [0.4, 0.5) is 0 Å². The number of benzene rings is 1. The van der Waals surface area contributed by atoms with Crippen LogP contribution in [0.2, 0.25) is 0 Å². The molecule has 13 nitrogen and oxygen atoms in total. The van der Waals surface area contributed by atoms with Crippen molar-refractivity contribution in [2.45, 2.75) is 83.0 Å². The van der Waals surface area contributed by atoms with E-state index < -0.39 is 53.8 Å². The highest BCUT2D eigenvalue weighted by Crippen LogP contribution is 2.13. The number of carbonyl (C=O) groups is 5. The van der Waals surface area contributed by atoms with Crippen molar-refractivity contribution in [3.63, 3.8) is 0 Å². The second-order valence-corrected chi connectivity index (χ2v) is 9.85. The molecule has 0 heterocycles. The Labute approximate surface area is 227 Å². The van der Waals surface area contributed by atoms with Gasteiger partial charge in [-0.1, -0.05) is 26.0 Å². The van der Waals surface area contributed by atoms with E-state index in [1.165, 1.54) is 24.3 Å². The molecule has 0 saturated carbocycles. The smallest absolute Gasteiger partial charge is 0.326 e. The van der Waals surface area contributed by atoms with Crippen molar-refractivity contribution in [3.8, 4) is 5.75 Å². The number of hydrogen-bond acceptors (Lipinski definition) is 8. The van der Waals surface area contributed by atoms with Gasteiger partial charge in [-0.25, -0.2) is 4.79 Å². The van der Waals surface area contributed by atoms with Gasteiger partial charge in [0.05, 0.1) is 6.04 Å². The van der Waals surface area contributed by atoms with E-state index in [1.54, 1.807) is 0 Å². The molecule has 0 fully saturated rings. The van der Waals surface area contributed by atoms with Gasteiger partial charge in [-0.2, -0.15) is 0 Å². The van der Waals surface area contributed by atoms with Crippen molar-refractivity contribution in [3.05, 3.63) is 29.8 Å². The number of aliphatic carboxylic acids is 2. The number of carboxylic acids is 2. The largest absolute Gasteiger partial charge is 0.508 e. The first kappa shape index (κ1) is 33.3. The zero-order valence-electron chi connectivity index (χ0n) is 22.4. The molecule has 0 spiro atoms. The Morgan fingerprint density at radius 2 is 1.38 bits per heavy atom. The van der Waals surface area contributed by atoms with Crippen molar-refractivity contribution in [1.82, 2.24) is 16.0 Å². The van der Waals surface area contributed by atoms with Gasteiger partial charge in [0.15, 0.2) is 0 Å². The zero-order valence-corrected chi connectivity index (χ0v) is 22.4. The highest BCUT2D eigenvalue weighted by molar-refractivity contribution is 5.94. The minimum atomic E-state index is -1.30. The molecule has 1 aromatic rings. The standard InChI is InChI=1S/C26H41N5O8/c1-15(2)13-20(30-23(35)18(28)10-11-22(33)34)25(37)29-19(5-3-4-12-27)24(36)31-21(26(38)39)14-16-6-8-17(32)9-7-16/h6-9,15,18-21,32H,3-5,10-14,27-28H2,1-2H3,(H,29,37)(H,30,35)(H,31,36)(H,33,34)(H,38,39). The van der Waals surface area contributed by atoms with E-state index in [4.69, 9.17) is 16.6 Å². The van der Waals surface area contributed by atoms with Gasteiger partial charge >= 0.3 is 11.9 Å². The van der Waals surface area contributed by atoms with Crippen LogP contribution in [0.5, 0.6) is 5.75 Å². The summed E-state index contributed by atoms with van der Waals surface area (Å²) in [4.78, 5) is 61.5. The average Bonchev–Trinajstić information content (AvgIpc) is 2.86. The lowest BCUT2D eigenvalue weighted by Gasteiger charge is -2.26. The monoisotopic (exact) mass is 551 g/mol. The summed E-state index contributed by atoms with van der Waals surface area (Å²) in [6.07, 6.45) is 0.976. The van der Waals surface area contributed by atoms with Crippen LogP contribution in [0.15, 0.2) is 24.3 Å². The quantitative estimate of drug-likeness (QED) is 0.112. The van der Waals surface area contributed by atoms with E-state index >= 15 is 0 Å². The number of carboxylic acid groups (broad SMARTS) is 2. The van der Waals surface area contributed by atoms with Crippen LogP contribution in [-0.2, 0) is 30.4 Å². The van der Waals surface area contributed by atoms with E-state index in [9.17, 15) is 34.2 Å². The predicted molar refractivity (Wildman–Crippen MR) is 142 cm³/mol. The van der Waals surface area contributed by atoms with Gasteiger partial charge in [-0.05, 0) is 62.3 Å². The molecule has 3 amide bonds. The van der Waals surface area contributed by atoms with Crippen LogP contribution in [0.3, 0.4) is 0 Å². The van der Waals surface area contributed by atoms with Crippen molar-refractivity contribution in [2.24, 2.45) is 17.4 Å². The molecular weight excluding hydrogens is 510 g/mol. The van der Waals surface area contributed by atoms with Crippen LogP contribution >= 0.6 is 0 Å². The van der Waals surface area contributed by atoms with E-state index in [1.807, 2.05) is 13.8 Å².